The van der Waals surface area contributed by atoms with Gasteiger partial charge in [-0.15, -0.1) is 0 Å². The van der Waals surface area contributed by atoms with Crippen LogP contribution < -0.4 is 10.6 Å². The average Bonchev–Trinajstić information content (AvgIpc) is 2.61. The summed E-state index contributed by atoms with van der Waals surface area (Å²) in [6, 6.07) is 3.22. The molecule has 0 heterocycles. The molecule has 1 aliphatic rings. The number of nitro groups is 1. The van der Waals surface area contributed by atoms with E-state index < -0.39 is 28.9 Å². The zero-order chi connectivity index (χ0) is 20.0. The Morgan fingerprint density at radius 2 is 1.89 bits per heavy atom. The number of hydrogen-bond acceptors (Lipinski definition) is 6. The fraction of sp³-hybridized carbons (Fsp3) is 0.500. The Kier molecular flexibility index (Phi) is 6.86. The molecule has 146 valence electrons. The lowest BCUT2D eigenvalue weighted by molar-refractivity contribution is -0.385. The number of amides is 3. The maximum absolute atomic E-state index is 12.1. The lowest BCUT2D eigenvalue weighted by Gasteiger charge is -2.23. The van der Waals surface area contributed by atoms with Crippen LogP contribution in [0.2, 0.25) is 0 Å². The minimum atomic E-state index is -1.19. The molecular weight excluding hydrogens is 354 g/mol. The second-order valence-corrected chi connectivity index (χ2v) is 6.60. The fourth-order valence-corrected chi connectivity index (χ4v) is 2.95. The minimum absolute atomic E-state index is 0.0486. The fourth-order valence-electron chi connectivity index (χ4n) is 2.95. The van der Waals surface area contributed by atoms with Gasteiger partial charge in [0, 0.05) is 17.7 Å². The summed E-state index contributed by atoms with van der Waals surface area (Å²) in [5.74, 6) is -1.54. The smallest absolute Gasteiger partial charge is 0.338 e. The summed E-state index contributed by atoms with van der Waals surface area (Å²) in [5.41, 5.74) is 0.277. The van der Waals surface area contributed by atoms with Gasteiger partial charge < -0.3 is 10.1 Å². The van der Waals surface area contributed by atoms with Crippen LogP contribution in [0, 0.1) is 17.0 Å². The van der Waals surface area contributed by atoms with Crippen molar-refractivity contribution in [1.82, 2.24) is 10.6 Å². The number of nitro benzene ring substituents is 1. The number of ether oxygens (including phenoxy) is 1. The van der Waals surface area contributed by atoms with Crippen LogP contribution in [0.4, 0.5) is 10.5 Å². The van der Waals surface area contributed by atoms with Crippen molar-refractivity contribution in [2.75, 3.05) is 0 Å². The summed E-state index contributed by atoms with van der Waals surface area (Å²) in [5, 5.41) is 15.7. The second kappa shape index (κ2) is 9.11. The number of rotatable bonds is 5. The van der Waals surface area contributed by atoms with Gasteiger partial charge in [-0.1, -0.05) is 19.3 Å². The molecule has 0 radical (unpaired) electrons. The zero-order valence-corrected chi connectivity index (χ0v) is 15.3. The van der Waals surface area contributed by atoms with E-state index in [1.807, 2.05) is 0 Å². The van der Waals surface area contributed by atoms with Crippen molar-refractivity contribution in [2.45, 2.75) is 58.1 Å². The first-order valence-corrected chi connectivity index (χ1v) is 8.85. The molecule has 1 aromatic rings. The first-order chi connectivity index (χ1) is 12.8. The van der Waals surface area contributed by atoms with Crippen molar-refractivity contribution in [1.29, 1.82) is 0 Å². The van der Waals surface area contributed by atoms with Crippen LogP contribution in [0.5, 0.6) is 0 Å². The predicted octanol–water partition coefficient (Wildman–Crippen LogP) is 2.61. The molecule has 0 unspecified atom stereocenters. The summed E-state index contributed by atoms with van der Waals surface area (Å²) < 4.78 is 5.04. The van der Waals surface area contributed by atoms with Gasteiger partial charge in [0.2, 0.25) is 0 Å². The highest BCUT2D eigenvalue weighted by Crippen LogP contribution is 2.19. The van der Waals surface area contributed by atoms with Gasteiger partial charge in [0.05, 0.1) is 10.5 Å². The van der Waals surface area contributed by atoms with Crippen molar-refractivity contribution in [3.63, 3.8) is 0 Å². The molecule has 0 saturated heterocycles. The average molecular weight is 377 g/mol. The maximum Gasteiger partial charge on any atom is 0.338 e. The Balaban J connectivity index is 1.87. The number of imide groups is 1. The molecule has 1 fully saturated rings. The standard InChI is InChI=1S/C18H23N3O6/c1-11-10-13(8-9-15(11)21(25)26)17(23)27-12(2)16(22)20-18(24)19-14-6-4-3-5-7-14/h8-10,12,14H,3-7H2,1-2H3,(H2,19,20,22,24)/t12-/m0/s1. The van der Waals surface area contributed by atoms with Crippen LogP contribution in [-0.2, 0) is 9.53 Å². The van der Waals surface area contributed by atoms with Gasteiger partial charge in [0.25, 0.3) is 11.6 Å². The van der Waals surface area contributed by atoms with Crippen molar-refractivity contribution in [2.24, 2.45) is 0 Å². The number of urea groups is 1. The van der Waals surface area contributed by atoms with E-state index in [9.17, 15) is 24.5 Å². The minimum Gasteiger partial charge on any atom is -0.449 e. The summed E-state index contributed by atoms with van der Waals surface area (Å²) in [6.45, 7) is 2.85. The van der Waals surface area contributed by atoms with E-state index in [0.717, 1.165) is 32.1 Å². The Morgan fingerprint density at radius 3 is 2.48 bits per heavy atom. The number of aryl methyl sites for hydroxylation is 1. The molecule has 1 aliphatic carbocycles. The van der Waals surface area contributed by atoms with Crippen LogP contribution >= 0.6 is 0 Å². The first-order valence-electron chi connectivity index (χ1n) is 8.85. The maximum atomic E-state index is 12.1. The first kappa shape index (κ1) is 20.3. The van der Waals surface area contributed by atoms with E-state index in [-0.39, 0.29) is 17.3 Å². The second-order valence-electron chi connectivity index (χ2n) is 6.60. The normalized spacial score (nSPS) is 15.5. The summed E-state index contributed by atoms with van der Waals surface area (Å²) >= 11 is 0. The molecule has 2 N–H and O–H groups in total. The van der Waals surface area contributed by atoms with Gasteiger partial charge in [-0.25, -0.2) is 9.59 Å². The zero-order valence-electron chi connectivity index (χ0n) is 15.3. The SMILES string of the molecule is Cc1cc(C(=O)O[C@@H](C)C(=O)NC(=O)NC2CCCCC2)ccc1[N+](=O)[O-]. The van der Waals surface area contributed by atoms with E-state index in [4.69, 9.17) is 4.74 Å². The Labute approximate surface area is 156 Å². The van der Waals surface area contributed by atoms with Gasteiger partial charge in [0.1, 0.15) is 0 Å². The monoisotopic (exact) mass is 377 g/mol. The number of esters is 1. The Hall–Kier alpha value is -2.97. The molecule has 3 amide bonds. The molecule has 1 atom stereocenters. The van der Waals surface area contributed by atoms with Crippen molar-refractivity contribution in [3.8, 4) is 0 Å². The van der Waals surface area contributed by atoms with Crippen LogP contribution in [0.1, 0.15) is 54.9 Å². The summed E-state index contributed by atoms with van der Waals surface area (Å²) in [6.07, 6.45) is 3.80. The van der Waals surface area contributed by atoms with E-state index >= 15 is 0 Å². The third-order valence-electron chi connectivity index (χ3n) is 4.46. The van der Waals surface area contributed by atoms with Gasteiger partial charge in [0.15, 0.2) is 6.10 Å². The number of nitrogens with one attached hydrogen (secondary N) is 2. The molecule has 1 aromatic carbocycles. The number of hydrogen-bond donors (Lipinski definition) is 2. The largest absolute Gasteiger partial charge is 0.449 e. The summed E-state index contributed by atoms with van der Waals surface area (Å²) in [4.78, 5) is 46.3. The number of nitrogens with zero attached hydrogens (tertiary/aromatic N) is 1. The van der Waals surface area contributed by atoms with Crippen LogP contribution in [0.15, 0.2) is 18.2 Å². The quantitative estimate of drug-likeness (QED) is 0.461. The molecule has 2 rings (SSSR count). The van der Waals surface area contributed by atoms with Gasteiger partial charge in [-0.2, -0.15) is 0 Å². The molecule has 0 spiro atoms. The number of carbonyl (C=O) groups excluding carboxylic acids is 3. The highest BCUT2D eigenvalue weighted by Gasteiger charge is 2.23. The third kappa shape index (κ3) is 5.77. The lowest BCUT2D eigenvalue weighted by atomic mass is 9.96. The van der Waals surface area contributed by atoms with Crippen LogP contribution in [0.3, 0.4) is 0 Å². The van der Waals surface area contributed by atoms with Gasteiger partial charge in [-0.05, 0) is 38.8 Å². The molecule has 0 bridgehead atoms. The molecular formula is C18H23N3O6. The highest BCUT2D eigenvalue weighted by atomic mass is 16.6. The van der Waals surface area contributed by atoms with Crippen molar-refractivity contribution < 1.29 is 24.0 Å². The molecule has 27 heavy (non-hydrogen) atoms. The third-order valence-corrected chi connectivity index (χ3v) is 4.46. The van der Waals surface area contributed by atoms with Crippen molar-refractivity contribution in [3.05, 3.63) is 39.4 Å². The van der Waals surface area contributed by atoms with Gasteiger partial charge in [-0.3, -0.25) is 20.2 Å². The summed E-state index contributed by atoms with van der Waals surface area (Å²) in [7, 11) is 0. The van der Waals surface area contributed by atoms with Gasteiger partial charge >= 0.3 is 12.0 Å². The molecule has 0 aliphatic heterocycles. The van der Waals surface area contributed by atoms with Crippen molar-refractivity contribution >= 4 is 23.6 Å². The Bertz CT molecular complexity index is 743. The van der Waals surface area contributed by atoms with E-state index in [2.05, 4.69) is 10.6 Å². The highest BCUT2D eigenvalue weighted by molar-refractivity contribution is 5.98. The molecule has 1 saturated carbocycles. The number of benzene rings is 1. The van der Waals surface area contributed by atoms with Crippen LogP contribution in [-0.4, -0.2) is 35.0 Å². The molecule has 0 aromatic heterocycles. The van der Waals surface area contributed by atoms with E-state index in [1.54, 1.807) is 0 Å². The van der Waals surface area contributed by atoms with E-state index in [1.165, 1.54) is 32.0 Å². The molecule has 9 heteroatoms. The van der Waals surface area contributed by atoms with Crippen LogP contribution in [0.25, 0.3) is 0 Å². The number of carbonyl (C=O) groups is 3. The van der Waals surface area contributed by atoms with E-state index in [0.29, 0.717) is 5.56 Å². The topological polar surface area (TPSA) is 128 Å². The molecule has 9 nitrogen and oxygen atoms in total. The Morgan fingerprint density at radius 1 is 1.22 bits per heavy atom. The predicted molar refractivity (Wildman–Crippen MR) is 96.3 cm³/mol. The lowest BCUT2D eigenvalue weighted by Crippen LogP contribution is -2.48.